The fourth-order valence-electron chi connectivity index (χ4n) is 1.26. The van der Waals surface area contributed by atoms with Crippen molar-refractivity contribution in [3.8, 4) is 5.75 Å². The van der Waals surface area contributed by atoms with Crippen molar-refractivity contribution >= 4 is 16.8 Å². The van der Waals surface area contributed by atoms with Gasteiger partial charge in [0.25, 0.3) is 0 Å². The molecule has 0 fully saturated rings. The first kappa shape index (κ1) is 11.6. The summed E-state index contributed by atoms with van der Waals surface area (Å²) in [4.78, 5) is 11.7. The fourth-order valence-corrected chi connectivity index (χ4v) is 1.26. The van der Waals surface area contributed by atoms with E-state index in [4.69, 9.17) is 4.74 Å². The van der Waals surface area contributed by atoms with Crippen LogP contribution in [0, 0.1) is 5.41 Å². The number of benzene rings is 1. The molecule has 0 saturated carbocycles. The molecule has 0 aliphatic carbocycles. The van der Waals surface area contributed by atoms with Crippen molar-refractivity contribution in [2.24, 2.45) is 5.41 Å². The minimum absolute atomic E-state index is 0.0233. The van der Waals surface area contributed by atoms with Crippen molar-refractivity contribution in [3.05, 3.63) is 18.2 Å². The fraction of sp³-hybridized carbons (Fsp3) is 0.417. The van der Waals surface area contributed by atoms with E-state index in [9.17, 15) is 4.79 Å². The zero-order chi connectivity index (χ0) is 12.5. The van der Waals surface area contributed by atoms with Gasteiger partial charge < -0.3 is 4.74 Å². The summed E-state index contributed by atoms with van der Waals surface area (Å²) in [6.45, 7) is 5.60. The molecule has 0 amide bonds. The van der Waals surface area contributed by atoms with Gasteiger partial charge >= 0.3 is 0 Å². The van der Waals surface area contributed by atoms with E-state index in [0.29, 0.717) is 16.8 Å². The zero-order valence-electron chi connectivity index (χ0n) is 10.1. The number of hydrogen-bond donors (Lipinski definition) is 0. The quantitative estimate of drug-likeness (QED) is 0.814. The lowest BCUT2D eigenvalue weighted by molar-refractivity contribution is -0.128. The van der Waals surface area contributed by atoms with Crippen molar-refractivity contribution in [3.63, 3.8) is 0 Å². The molecule has 17 heavy (non-hydrogen) atoms. The molecule has 0 saturated heterocycles. The second-order valence-corrected chi connectivity index (χ2v) is 4.85. The number of ether oxygens (including phenoxy) is 1. The topological polar surface area (TPSA) is 65.2 Å². The number of nitrogens with zero attached hydrogens (tertiary/aromatic N) is 2. The molecular formula is C12H14N2O3. The predicted molar refractivity (Wildman–Crippen MR) is 61.8 cm³/mol. The highest BCUT2D eigenvalue weighted by Gasteiger charge is 2.22. The van der Waals surface area contributed by atoms with Crippen molar-refractivity contribution in [1.29, 1.82) is 0 Å². The SMILES string of the molecule is CC(C)(C)C(=O)COc1cccc2nonc12. The Bertz CT molecular complexity index is 540. The Kier molecular flexibility index (Phi) is 2.83. The Labute approximate surface area is 98.7 Å². The number of ketones is 1. The van der Waals surface area contributed by atoms with Crippen molar-refractivity contribution in [2.75, 3.05) is 6.61 Å². The molecule has 0 atom stereocenters. The maximum absolute atomic E-state index is 11.7. The van der Waals surface area contributed by atoms with E-state index in [2.05, 4.69) is 14.9 Å². The van der Waals surface area contributed by atoms with Crippen LogP contribution in [-0.4, -0.2) is 22.7 Å². The molecule has 2 aromatic rings. The van der Waals surface area contributed by atoms with Gasteiger partial charge in [0.05, 0.1) is 0 Å². The van der Waals surface area contributed by atoms with Crippen LogP contribution in [-0.2, 0) is 4.79 Å². The molecule has 1 aromatic heterocycles. The molecule has 0 bridgehead atoms. The summed E-state index contributed by atoms with van der Waals surface area (Å²) < 4.78 is 10.1. The summed E-state index contributed by atoms with van der Waals surface area (Å²) in [6.07, 6.45) is 0. The number of carbonyl (C=O) groups is 1. The summed E-state index contributed by atoms with van der Waals surface area (Å²) in [5, 5.41) is 7.44. The highest BCUT2D eigenvalue weighted by Crippen LogP contribution is 2.23. The van der Waals surface area contributed by atoms with Crippen LogP contribution in [0.3, 0.4) is 0 Å². The maximum Gasteiger partial charge on any atom is 0.177 e. The van der Waals surface area contributed by atoms with Gasteiger partial charge in [0.15, 0.2) is 17.0 Å². The number of fused-ring (bicyclic) bond motifs is 1. The molecule has 0 unspecified atom stereocenters. The molecule has 0 spiro atoms. The van der Waals surface area contributed by atoms with Gasteiger partial charge in [0, 0.05) is 5.41 Å². The molecule has 1 aromatic carbocycles. The minimum Gasteiger partial charge on any atom is -0.483 e. The molecular weight excluding hydrogens is 220 g/mol. The zero-order valence-corrected chi connectivity index (χ0v) is 10.1. The third-order valence-electron chi connectivity index (χ3n) is 2.44. The minimum atomic E-state index is -0.407. The number of aromatic nitrogens is 2. The molecule has 0 N–H and O–H groups in total. The molecule has 1 heterocycles. The molecule has 5 nitrogen and oxygen atoms in total. The van der Waals surface area contributed by atoms with E-state index in [1.54, 1.807) is 18.2 Å². The smallest absolute Gasteiger partial charge is 0.177 e. The third kappa shape index (κ3) is 2.43. The van der Waals surface area contributed by atoms with E-state index in [1.165, 1.54) is 0 Å². The highest BCUT2D eigenvalue weighted by molar-refractivity contribution is 5.86. The monoisotopic (exact) mass is 234 g/mol. The van der Waals surface area contributed by atoms with E-state index >= 15 is 0 Å². The molecule has 90 valence electrons. The summed E-state index contributed by atoms with van der Waals surface area (Å²) >= 11 is 0. The Balaban J connectivity index is 2.14. The lowest BCUT2D eigenvalue weighted by atomic mass is 9.91. The number of hydrogen-bond acceptors (Lipinski definition) is 5. The van der Waals surface area contributed by atoms with Crippen LogP contribution in [0.1, 0.15) is 20.8 Å². The summed E-state index contributed by atoms with van der Waals surface area (Å²) in [7, 11) is 0. The Morgan fingerprint density at radius 3 is 2.82 bits per heavy atom. The van der Waals surface area contributed by atoms with Crippen LogP contribution in [0.15, 0.2) is 22.8 Å². The van der Waals surface area contributed by atoms with Gasteiger partial charge in [-0.3, -0.25) is 4.79 Å². The Hall–Kier alpha value is -1.91. The first-order valence-electron chi connectivity index (χ1n) is 5.36. The summed E-state index contributed by atoms with van der Waals surface area (Å²) in [5.41, 5.74) is 0.746. The van der Waals surface area contributed by atoms with Gasteiger partial charge in [-0.15, -0.1) is 0 Å². The maximum atomic E-state index is 11.7. The van der Waals surface area contributed by atoms with Crippen LogP contribution < -0.4 is 4.74 Å². The van der Waals surface area contributed by atoms with Gasteiger partial charge in [-0.1, -0.05) is 26.8 Å². The largest absolute Gasteiger partial charge is 0.483 e. The number of carbonyl (C=O) groups excluding carboxylic acids is 1. The van der Waals surface area contributed by atoms with Crippen molar-refractivity contribution in [2.45, 2.75) is 20.8 Å². The Morgan fingerprint density at radius 2 is 2.12 bits per heavy atom. The highest BCUT2D eigenvalue weighted by atomic mass is 16.6. The summed E-state index contributed by atoms with van der Waals surface area (Å²) in [6, 6.07) is 5.29. The standard InChI is InChI=1S/C12H14N2O3/c1-12(2,3)10(15)7-16-9-6-4-5-8-11(9)14-17-13-8/h4-6H,7H2,1-3H3. The lowest BCUT2D eigenvalue weighted by Crippen LogP contribution is -2.26. The van der Waals surface area contributed by atoms with Crippen LogP contribution in [0.2, 0.25) is 0 Å². The van der Waals surface area contributed by atoms with Gasteiger partial charge in [0.2, 0.25) is 0 Å². The molecule has 0 aliphatic rings. The molecule has 0 aliphatic heterocycles. The molecule has 0 radical (unpaired) electrons. The second-order valence-electron chi connectivity index (χ2n) is 4.85. The van der Waals surface area contributed by atoms with Crippen LogP contribution >= 0.6 is 0 Å². The first-order chi connectivity index (χ1) is 7.98. The first-order valence-corrected chi connectivity index (χ1v) is 5.36. The average Bonchev–Trinajstić information content (AvgIpc) is 2.72. The van der Waals surface area contributed by atoms with E-state index in [0.717, 1.165) is 0 Å². The average molecular weight is 234 g/mol. The van der Waals surface area contributed by atoms with Gasteiger partial charge in [-0.05, 0) is 22.4 Å². The van der Waals surface area contributed by atoms with Gasteiger partial charge in [-0.2, -0.15) is 0 Å². The Morgan fingerprint density at radius 1 is 1.35 bits per heavy atom. The predicted octanol–water partition coefficient (Wildman–Crippen LogP) is 2.22. The second kappa shape index (κ2) is 4.16. The number of rotatable bonds is 3. The van der Waals surface area contributed by atoms with Crippen LogP contribution in [0.5, 0.6) is 5.75 Å². The van der Waals surface area contributed by atoms with Crippen molar-refractivity contribution < 1.29 is 14.2 Å². The summed E-state index contributed by atoms with van der Waals surface area (Å²) in [5.74, 6) is 0.548. The molecule has 2 rings (SSSR count). The molecule has 5 heteroatoms. The van der Waals surface area contributed by atoms with Gasteiger partial charge in [0.1, 0.15) is 12.1 Å². The van der Waals surface area contributed by atoms with Crippen molar-refractivity contribution in [1.82, 2.24) is 10.3 Å². The normalized spacial score (nSPS) is 11.7. The van der Waals surface area contributed by atoms with Crippen LogP contribution in [0.4, 0.5) is 0 Å². The van der Waals surface area contributed by atoms with Gasteiger partial charge in [-0.25, -0.2) is 4.63 Å². The van der Waals surface area contributed by atoms with Crippen LogP contribution in [0.25, 0.3) is 11.0 Å². The van der Waals surface area contributed by atoms with E-state index in [1.807, 2.05) is 20.8 Å². The third-order valence-corrected chi connectivity index (χ3v) is 2.44. The van der Waals surface area contributed by atoms with E-state index < -0.39 is 5.41 Å². The lowest BCUT2D eigenvalue weighted by Gasteiger charge is -2.16. The van der Waals surface area contributed by atoms with E-state index in [-0.39, 0.29) is 12.4 Å². The number of Topliss-reactive ketones (excluding diaryl/α,β-unsaturated/α-hetero) is 1.